The van der Waals surface area contributed by atoms with E-state index in [9.17, 15) is 4.79 Å². The van der Waals surface area contributed by atoms with Gasteiger partial charge in [-0.05, 0) is 59.3 Å². The Morgan fingerprint density at radius 1 is 1.07 bits per heavy atom. The molecule has 1 saturated carbocycles. The number of alkyl carbamates (subject to hydrolysis) is 1. The highest BCUT2D eigenvalue weighted by Crippen LogP contribution is 2.26. The van der Waals surface area contributed by atoms with E-state index < -0.39 is 5.60 Å². The van der Waals surface area contributed by atoms with Crippen LogP contribution < -0.4 is 16.0 Å². The van der Waals surface area contributed by atoms with E-state index in [0.717, 1.165) is 37.7 Å². The highest BCUT2D eigenvalue weighted by molar-refractivity contribution is 5.80. The zero-order valence-electron chi connectivity index (χ0n) is 20.1. The molecule has 1 aliphatic carbocycles. The second-order valence-electron chi connectivity index (χ2n) is 9.93. The Labute approximate surface area is 183 Å². The SMILES string of the molecule is CCC(CC)(CNC(=NC)NC1CCN(C2CCCC2)CC1)NC(=O)OC(C)(C)C. The van der Waals surface area contributed by atoms with Crippen molar-refractivity contribution < 1.29 is 9.53 Å². The Bertz CT molecular complexity index is 554. The summed E-state index contributed by atoms with van der Waals surface area (Å²) in [6, 6.07) is 1.27. The van der Waals surface area contributed by atoms with Gasteiger partial charge >= 0.3 is 6.09 Å². The molecule has 0 bridgehead atoms. The van der Waals surface area contributed by atoms with Crippen LogP contribution >= 0.6 is 0 Å². The fourth-order valence-electron chi connectivity index (χ4n) is 4.56. The van der Waals surface area contributed by atoms with E-state index in [1.54, 1.807) is 0 Å². The maximum atomic E-state index is 12.4. The number of amides is 1. The predicted molar refractivity (Wildman–Crippen MR) is 124 cm³/mol. The first kappa shape index (κ1) is 24.8. The molecule has 30 heavy (non-hydrogen) atoms. The second-order valence-corrected chi connectivity index (χ2v) is 9.93. The number of rotatable bonds is 7. The van der Waals surface area contributed by atoms with Crippen LogP contribution in [0.25, 0.3) is 0 Å². The maximum Gasteiger partial charge on any atom is 0.408 e. The van der Waals surface area contributed by atoms with Crippen LogP contribution in [0.3, 0.4) is 0 Å². The highest BCUT2D eigenvalue weighted by atomic mass is 16.6. The number of hydrogen-bond donors (Lipinski definition) is 3. The van der Waals surface area contributed by atoms with E-state index in [2.05, 4.69) is 39.7 Å². The van der Waals surface area contributed by atoms with Crippen molar-refractivity contribution in [1.29, 1.82) is 0 Å². The van der Waals surface area contributed by atoms with Gasteiger partial charge < -0.3 is 25.6 Å². The van der Waals surface area contributed by atoms with Gasteiger partial charge in [0.1, 0.15) is 5.60 Å². The summed E-state index contributed by atoms with van der Waals surface area (Å²) in [5.41, 5.74) is -0.874. The van der Waals surface area contributed by atoms with Crippen molar-refractivity contribution in [3.8, 4) is 0 Å². The first-order chi connectivity index (χ1) is 14.2. The maximum absolute atomic E-state index is 12.4. The van der Waals surface area contributed by atoms with Gasteiger partial charge in [-0.15, -0.1) is 0 Å². The molecule has 3 N–H and O–H groups in total. The summed E-state index contributed by atoms with van der Waals surface area (Å²) < 4.78 is 5.48. The van der Waals surface area contributed by atoms with Gasteiger partial charge in [0.2, 0.25) is 0 Å². The molecule has 0 aromatic heterocycles. The van der Waals surface area contributed by atoms with Crippen LogP contribution in [0.5, 0.6) is 0 Å². The Kier molecular flexibility index (Phi) is 9.26. The van der Waals surface area contributed by atoms with E-state index in [4.69, 9.17) is 4.74 Å². The summed E-state index contributed by atoms with van der Waals surface area (Å²) in [6.45, 7) is 12.8. The molecule has 2 rings (SSSR count). The second kappa shape index (κ2) is 11.2. The number of aliphatic imine (C=N–C) groups is 1. The van der Waals surface area contributed by atoms with Crippen molar-refractivity contribution in [2.24, 2.45) is 4.99 Å². The lowest BCUT2D eigenvalue weighted by molar-refractivity contribution is 0.0448. The topological polar surface area (TPSA) is 78.0 Å². The molecular weight excluding hydrogens is 378 g/mol. The van der Waals surface area contributed by atoms with E-state index in [-0.39, 0.29) is 11.6 Å². The molecule has 1 amide bonds. The Morgan fingerprint density at radius 2 is 1.67 bits per heavy atom. The Morgan fingerprint density at radius 3 is 2.17 bits per heavy atom. The average molecular weight is 424 g/mol. The van der Waals surface area contributed by atoms with Crippen molar-refractivity contribution in [1.82, 2.24) is 20.9 Å². The van der Waals surface area contributed by atoms with E-state index in [0.29, 0.717) is 12.6 Å². The monoisotopic (exact) mass is 423 g/mol. The molecular formula is C23H45N5O2. The average Bonchev–Trinajstić information content (AvgIpc) is 3.24. The fraction of sp³-hybridized carbons (Fsp3) is 0.913. The minimum absolute atomic E-state index is 0.366. The summed E-state index contributed by atoms with van der Waals surface area (Å²) in [5, 5.41) is 10.1. The summed E-state index contributed by atoms with van der Waals surface area (Å²) in [4.78, 5) is 19.5. The van der Waals surface area contributed by atoms with Gasteiger partial charge in [-0.2, -0.15) is 0 Å². The number of likely N-dealkylation sites (tertiary alicyclic amines) is 1. The van der Waals surface area contributed by atoms with Crippen LogP contribution in [0, 0.1) is 0 Å². The van der Waals surface area contributed by atoms with Gasteiger partial charge in [0.15, 0.2) is 5.96 Å². The molecule has 0 aromatic rings. The predicted octanol–water partition coefficient (Wildman–Crippen LogP) is 3.64. The van der Waals surface area contributed by atoms with Crippen molar-refractivity contribution in [3.05, 3.63) is 0 Å². The third kappa shape index (κ3) is 7.64. The smallest absolute Gasteiger partial charge is 0.408 e. The lowest BCUT2D eigenvalue weighted by atomic mass is 9.93. The zero-order chi connectivity index (χ0) is 22.2. The molecule has 0 radical (unpaired) electrons. The van der Waals surface area contributed by atoms with Crippen LogP contribution in [-0.2, 0) is 4.74 Å². The highest BCUT2D eigenvalue weighted by Gasteiger charge is 2.31. The van der Waals surface area contributed by atoms with Crippen molar-refractivity contribution in [2.45, 2.75) is 109 Å². The Hall–Kier alpha value is -1.50. The molecule has 1 heterocycles. The lowest BCUT2D eigenvalue weighted by Gasteiger charge is -2.37. The summed E-state index contributed by atoms with van der Waals surface area (Å²) in [7, 11) is 1.81. The minimum Gasteiger partial charge on any atom is -0.444 e. The first-order valence-electron chi connectivity index (χ1n) is 11.9. The number of carbonyl (C=O) groups excluding carboxylic acids is 1. The number of nitrogens with zero attached hydrogens (tertiary/aromatic N) is 2. The Balaban J connectivity index is 1.82. The van der Waals surface area contributed by atoms with Gasteiger partial charge in [0, 0.05) is 38.8 Å². The molecule has 0 unspecified atom stereocenters. The standard InChI is InChI=1S/C23H45N5O2/c1-7-23(8-2,27-21(29)30-22(3,4)5)17-25-20(24-6)26-18-13-15-28(16-14-18)19-11-9-10-12-19/h18-19H,7-17H2,1-6H3,(H,27,29)(H2,24,25,26). The van der Waals surface area contributed by atoms with Gasteiger partial charge in [-0.3, -0.25) is 4.99 Å². The van der Waals surface area contributed by atoms with Gasteiger partial charge in [-0.25, -0.2) is 4.79 Å². The summed E-state index contributed by atoms with van der Waals surface area (Å²) in [6.07, 6.45) is 9.11. The van der Waals surface area contributed by atoms with Crippen LogP contribution in [0.15, 0.2) is 4.99 Å². The third-order valence-corrected chi connectivity index (χ3v) is 6.65. The van der Waals surface area contributed by atoms with Crippen LogP contribution in [-0.4, -0.2) is 66.9 Å². The number of carbonyl (C=O) groups is 1. The number of hydrogen-bond acceptors (Lipinski definition) is 4. The first-order valence-corrected chi connectivity index (χ1v) is 11.9. The lowest BCUT2D eigenvalue weighted by Crippen LogP contribution is -2.58. The van der Waals surface area contributed by atoms with Crippen molar-refractivity contribution >= 4 is 12.1 Å². The quantitative estimate of drug-likeness (QED) is 0.430. The fourth-order valence-corrected chi connectivity index (χ4v) is 4.56. The summed E-state index contributed by atoms with van der Waals surface area (Å²) in [5.74, 6) is 0.812. The molecule has 0 spiro atoms. The molecule has 1 saturated heterocycles. The number of ether oxygens (including phenoxy) is 1. The molecule has 7 nitrogen and oxygen atoms in total. The number of piperidine rings is 1. The van der Waals surface area contributed by atoms with Crippen molar-refractivity contribution in [3.63, 3.8) is 0 Å². The molecule has 7 heteroatoms. The van der Waals surface area contributed by atoms with Gasteiger partial charge in [0.25, 0.3) is 0 Å². The van der Waals surface area contributed by atoms with Crippen LogP contribution in [0.4, 0.5) is 4.79 Å². The van der Waals surface area contributed by atoms with Crippen LogP contribution in [0.2, 0.25) is 0 Å². The zero-order valence-corrected chi connectivity index (χ0v) is 20.1. The summed E-state index contributed by atoms with van der Waals surface area (Å²) >= 11 is 0. The van der Waals surface area contributed by atoms with E-state index >= 15 is 0 Å². The molecule has 2 fully saturated rings. The van der Waals surface area contributed by atoms with E-state index in [1.807, 2.05) is 27.8 Å². The third-order valence-electron chi connectivity index (χ3n) is 6.65. The van der Waals surface area contributed by atoms with Gasteiger partial charge in [-0.1, -0.05) is 26.7 Å². The number of guanidine groups is 1. The van der Waals surface area contributed by atoms with Crippen molar-refractivity contribution in [2.75, 3.05) is 26.7 Å². The molecule has 1 aliphatic heterocycles. The van der Waals surface area contributed by atoms with Crippen LogP contribution in [0.1, 0.15) is 86.0 Å². The largest absolute Gasteiger partial charge is 0.444 e. The minimum atomic E-state index is -0.504. The number of nitrogens with one attached hydrogen (secondary N) is 3. The molecule has 2 aliphatic rings. The molecule has 0 atom stereocenters. The van der Waals surface area contributed by atoms with E-state index in [1.165, 1.54) is 38.8 Å². The molecule has 0 aromatic carbocycles. The van der Waals surface area contributed by atoms with Gasteiger partial charge in [0.05, 0.1) is 5.54 Å². The normalized spacial score (nSPS) is 20.3. The molecule has 174 valence electrons.